The first-order valence-electron chi connectivity index (χ1n) is 19.8. The van der Waals surface area contributed by atoms with Crippen LogP contribution in [-0.4, -0.2) is 19.1 Å². The van der Waals surface area contributed by atoms with Crippen molar-refractivity contribution < 1.29 is 0 Å². The fourth-order valence-electron chi connectivity index (χ4n) is 9.12. The first-order valence-corrected chi connectivity index (χ1v) is 19.8. The lowest BCUT2D eigenvalue weighted by Gasteiger charge is -2.13. The zero-order valence-electron chi connectivity index (χ0n) is 31.4. The molecule has 12 rings (SSSR count). The molecular weight excluding hydrogens is 705 g/mol. The summed E-state index contributed by atoms with van der Waals surface area (Å²) in [6.07, 6.45) is 0. The molecule has 0 amide bonds. The fraction of sp³-hybridized carbons (Fsp3) is 0. The van der Waals surface area contributed by atoms with Crippen molar-refractivity contribution in [2.45, 2.75) is 0 Å². The molecule has 0 radical (unpaired) electrons. The molecule has 0 saturated heterocycles. The van der Waals surface area contributed by atoms with Gasteiger partial charge >= 0.3 is 0 Å². The summed E-state index contributed by atoms with van der Waals surface area (Å²) < 4.78 is 4.88. The van der Waals surface area contributed by atoms with Crippen LogP contribution in [0.3, 0.4) is 0 Å². The largest absolute Gasteiger partial charge is 0.309 e. The average molecular weight is 739 g/mol. The van der Waals surface area contributed by atoms with Crippen molar-refractivity contribution in [2.75, 3.05) is 0 Å². The molecule has 0 aliphatic carbocycles. The van der Waals surface area contributed by atoms with Gasteiger partial charge in [-0.1, -0.05) is 152 Å². The second-order valence-corrected chi connectivity index (χ2v) is 15.0. The molecule has 270 valence electrons. The molecule has 0 saturated carbocycles. The van der Waals surface area contributed by atoms with Crippen LogP contribution in [0.15, 0.2) is 206 Å². The molecule has 0 aliphatic heterocycles. The van der Waals surface area contributed by atoms with E-state index in [9.17, 15) is 0 Å². The van der Waals surface area contributed by atoms with Crippen LogP contribution >= 0.6 is 0 Å². The van der Waals surface area contributed by atoms with Gasteiger partial charge in [0, 0.05) is 49.4 Å². The van der Waals surface area contributed by atoms with Crippen molar-refractivity contribution >= 4 is 65.3 Å². The molecular formula is C54H34N4. The molecule has 3 heterocycles. The molecule has 4 nitrogen and oxygen atoms in total. The highest BCUT2D eigenvalue weighted by molar-refractivity contribution is 6.27. The minimum Gasteiger partial charge on any atom is -0.309 e. The summed E-state index contributed by atoms with van der Waals surface area (Å²) in [7, 11) is 0. The van der Waals surface area contributed by atoms with Gasteiger partial charge in [0.15, 0.2) is 5.82 Å². The molecule has 0 N–H and O–H groups in total. The molecule has 0 fully saturated rings. The Morgan fingerprint density at radius 3 is 1.64 bits per heavy atom. The Hall–Kier alpha value is -7.82. The smallest absolute Gasteiger partial charge is 0.160 e. The van der Waals surface area contributed by atoms with E-state index in [-0.39, 0.29) is 0 Å². The monoisotopic (exact) mass is 738 g/mol. The summed E-state index contributed by atoms with van der Waals surface area (Å²) in [4.78, 5) is 10.3. The number of fused-ring (bicyclic) bond motifs is 9. The van der Waals surface area contributed by atoms with Gasteiger partial charge in [0.2, 0.25) is 0 Å². The predicted molar refractivity (Wildman–Crippen MR) is 242 cm³/mol. The summed E-state index contributed by atoms with van der Waals surface area (Å²) in [6, 6.07) is 73.8. The molecule has 12 aromatic rings. The van der Waals surface area contributed by atoms with Crippen molar-refractivity contribution in [2.24, 2.45) is 0 Å². The van der Waals surface area contributed by atoms with Crippen LogP contribution in [0.4, 0.5) is 0 Å². The lowest BCUT2D eigenvalue weighted by Crippen LogP contribution is -1.99. The highest BCUT2D eigenvalue weighted by atomic mass is 15.0. The van der Waals surface area contributed by atoms with Crippen molar-refractivity contribution in [3.8, 4) is 45.1 Å². The van der Waals surface area contributed by atoms with Crippen LogP contribution in [0.25, 0.3) is 110 Å². The molecule has 0 spiro atoms. The Bertz CT molecular complexity index is 3530. The SMILES string of the molecule is c1ccc(-c2nc(-c3ccccc3)c3cc(-n4c5ccccc5c5cc6c7c8ccccc8c(-c8ccccc8)cc7n(-c7ccccc7)c6cc54)ccc3n2)cc1. The zero-order valence-corrected chi connectivity index (χ0v) is 31.4. The molecule has 4 heteroatoms. The summed E-state index contributed by atoms with van der Waals surface area (Å²) >= 11 is 0. The van der Waals surface area contributed by atoms with Gasteiger partial charge in [-0.2, -0.15) is 0 Å². The fourth-order valence-corrected chi connectivity index (χ4v) is 9.12. The summed E-state index contributed by atoms with van der Waals surface area (Å²) in [6.45, 7) is 0. The van der Waals surface area contributed by atoms with Gasteiger partial charge in [0.1, 0.15) is 0 Å². The molecule has 0 unspecified atom stereocenters. The highest BCUT2D eigenvalue weighted by Crippen LogP contribution is 2.44. The van der Waals surface area contributed by atoms with E-state index >= 15 is 0 Å². The lowest BCUT2D eigenvalue weighted by atomic mass is 9.94. The second-order valence-electron chi connectivity index (χ2n) is 15.0. The van der Waals surface area contributed by atoms with E-state index in [1.165, 1.54) is 49.0 Å². The molecule has 58 heavy (non-hydrogen) atoms. The van der Waals surface area contributed by atoms with E-state index in [0.717, 1.165) is 61.5 Å². The molecule has 9 aromatic carbocycles. The van der Waals surface area contributed by atoms with Crippen LogP contribution in [0, 0.1) is 0 Å². The number of hydrogen-bond acceptors (Lipinski definition) is 2. The van der Waals surface area contributed by atoms with E-state index < -0.39 is 0 Å². The molecule has 3 aromatic heterocycles. The van der Waals surface area contributed by atoms with Crippen molar-refractivity contribution in [3.05, 3.63) is 206 Å². The maximum Gasteiger partial charge on any atom is 0.160 e. The van der Waals surface area contributed by atoms with Crippen molar-refractivity contribution in [1.29, 1.82) is 0 Å². The van der Waals surface area contributed by atoms with Crippen LogP contribution in [0.2, 0.25) is 0 Å². The van der Waals surface area contributed by atoms with E-state index in [1.807, 2.05) is 18.2 Å². The van der Waals surface area contributed by atoms with Crippen molar-refractivity contribution in [1.82, 2.24) is 19.1 Å². The molecule has 0 bridgehead atoms. The van der Waals surface area contributed by atoms with Gasteiger partial charge in [-0.3, -0.25) is 0 Å². The zero-order chi connectivity index (χ0) is 38.2. The maximum atomic E-state index is 5.23. The molecule has 0 aliphatic rings. The van der Waals surface area contributed by atoms with Crippen LogP contribution < -0.4 is 0 Å². The number of para-hydroxylation sites is 2. The Balaban J connectivity index is 1.18. The minimum absolute atomic E-state index is 0.718. The predicted octanol–water partition coefficient (Wildman–Crippen LogP) is 14.0. The Labute approximate surface area is 334 Å². The van der Waals surface area contributed by atoms with Crippen LogP contribution in [0.5, 0.6) is 0 Å². The van der Waals surface area contributed by atoms with E-state index in [0.29, 0.717) is 0 Å². The number of benzene rings is 9. The number of hydrogen-bond donors (Lipinski definition) is 0. The Morgan fingerprint density at radius 2 is 0.897 bits per heavy atom. The van der Waals surface area contributed by atoms with Gasteiger partial charge in [-0.15, -0.1) is 0 Å². The topological polar surface area (TPSA) is 35.6 Å². The third-order valence-electron chi connectivity index (χ3n) is 11.7. The quantitative estimate of drug-likeness (QED) is 0.176. The van der Waals surface area contributed by atoms with Gasteiger partial charge in [0.05, 0.1) is 33.3 Å². The first-order chi connectivity index (χ1) is 28.8. The van der Waals surface area contributed by atoms with Gasteiger partial charge < -0.3 is 9.13 Å². The molecule has 0 atom stereocenters. The third-order valence-corrected chi connectivity index (χ3v) is 11.7. The normalized spacial score (nSPS) is 11.8. The second kappa shape index (κ2) is 12.9. The minimum atomic E-state index is 0.718. The maximum absolute atomic E-state index is 5.23. The van der Waals surface area contributed by atoms with Gasteiger partial charge in [0.25, 0.3) is 0 Å². The van der Waals surface area contributed by atoms with Crippen LogP contribution in [-0.2, 0) is 0 Å². The van der Waals surface area contributed by atoms with Crippen LogP contribution in [0.1, 0.15) is 0 Å². The summed E-state index contributed by atoms with van der Waals surface area (Å²) in [5.74, 6) is 0.718. The van der Waals surface area contributed by atoms with E-state index in [4.69, 9.17) is 9.97 Å². The van der Waals surface area contributed by atoms with Gasteiger partial charge in [-0.25, -0.2) is 9.97 Å². The van der Waals surface area contributed by atoms with Crippen molar-refractivity contribution in [3.63, 3.8) is 0 Å². The number of nitrogens with zero attached hydrogens (tertiary/aromatic N) is 4. The standard InChI is InChI=1S/C54H34N4/c1-5-17-35(18-6-1)43-33-51-52(42-27-14-13-25-40(42)43)46-32-44-41-26-15-16-28-48(41)58(49(44)34-50(46)57(51)38-23-11-4-12-24-38)39-29-30-47-45(31-39)53(36-19-7-2-8-20-36)56-54(55-47)37-21-9-3-10-22-37/h1-34H. The lowest BCUT2D eigenvalue weighted by molar-refractivity contribution is 1.16. The first kappa shape index (κ1) is 32.4. The Kier molecular flexibility index (Phi) is 7.20. The summed E-state index contributed by atoms with van der Waals surface area (Å²) in [5.41, 5.74) is 13.1. The summed E-state index contributed by atoms with van der Waals surface area (Å²) in [5, 5.41) is 8.43. The highest BCUT2D eigenvalue weighted by Gasteiger charge is 2.22. The number of aromatic nitrogens is 4. The third kappa shape index (κ3) is 4.95. The Morgan fingerprint density at radius 1 is 0.310 bits per heavy atom. The van der Waals surface area contributed by atoms with E-state index in [1.54, 1.807) is 0 Å². The number of rotatable bonds is 5. The van der Waals surface area contributed by atoms with Gasteiger partial charge in [-0.05, 0) is 76.5 Å². The average Bonchev–Trinajstić information content (AvgIpc) is 3.80. The van der Waals surface area contributed by atoms with E-state index in [2.05, 4.69) is 197 Å².